The van der Waals surface area contributed by atoms with E-state index in [1.807, 2.05) is 31.2 Å². The van der Waals surface area contributed by atoms with E-state index in [4.69, 9.17) is 15.2 Å². The lowest BCUT2D eigenvalue weighted by Gasteiger charge is -2.13. The second-order valence-electron chi connectivity index (χ2n) is 4.16. The Labute approximate surface area is 96.5 Å². The third kappa shape index (κ3) is 3.22. The van der Waals surface area contributed by atoms with E-state index in [2.05, 4.69) is 0 Å². The largest absolute Gasteiger partial charge is 0.490 e. The molecule has 1 aliphatic carbocycles. The molecule has 1 aromatic rings. The molecule has 16 heavy (non-hydrogen) atoms. The second kappa shape index (κ2) is 5.32. The van der Waals surface area contributed by atoms with Gasteiger partial charge >= 0.3 is 0 Å². The summed E-state index contributed by atoms with van der Waals surface area (Å²) < 4.78 is 11.0. The minimum atomic E-state index is -0.0669. The van der Waals surface area contributed by atoms with Crippen molar-refractivity contribution in [2.45, 2.75) is 31.9 Å². The van der Waals surface area contributed by atoms with Crippen molar-refractivity contribution in [3.63, 3.8) is 0 Å². The van der Waals surface area contributed by atoms with Gasteiger partial charge in [0, 0.05) is 6.61 Å². The Kier molecular flexibility index (Phi) is 3.80. The fraction of sp³-hybridized carbons (Fsp3) is 0.538. The number of nitrogens with two attached hydrogens (primary N) is 1. The van der Waals surface area contributed by atoms with Crippen LogP contribution < -0.4 is 10.5 Å². The van der Waals surface area contributed by atoms with Gasteiger partial charge in [0.15, 0.2) is 0 Å². The molecule has 1 aliphatic rings. The van der Waals surface area contributed by atoms with Gasteiger partial charge in [-0.25, -0.2) is 0 Å². The Hall–Kier alpha value is -1.06. The van der Waals surface area contributed by atoms with E-state index in [-0.39, 0.29) is 6.04 Å². The van der Waals surface area contributed by atoms with Crippen molar-refractivity contribution in [3.05, 3.63) is 29.8 Å². The van der Waals surface area contributed by atoms with Crippen LogP contribution in [0, 0.1) is 0 Å². The van der Waals surface area contributed by atoms with Crippen LogP contribution in [-0.4, -0.2) is 19.3 Å². The third-order valence-electron chi connectivity index (χ3n) is 2.61. The molecule has 0 saturated heterocycles. The summed E-state index contributed by atoms with van der Waals surface area (Å²) in [6.45, 7) is 3.23. The molecule has 0 aromatic heterocycles. The molecule has 3 heteroatoms. The SMILES string of the molecule is CCOCC(N)c1cccc(OC2CC2)c1. The Morgan fingerprint density at radius 3 is 2.94 bits per heavy atom. The van der Waals surface area contributed by atoms with Gasteiger partial charge < -0.3 is 15.2 Å². The van der Waals surface area contributed by atoms with Crippen molar-refractivity contribution in [1.29, 1.82) is 0 Å². The van der Waals surface area contributed by atoms with Gasteiger partial charge in [0.25, 0.3) is 0 Å². The highest BCUT2D eigenvalue weighted by Gasteiger charge is 2.23. The zero-order valence-corrected chi connectivity index (χ0v) is 9.69. The topological polar surface area (TPSA) is 44.5 Å². The molecular formula is C13H19NO2. The Morgan fingerprint density at radius 2 is 2.25 bits per heavy atom. The van der Waals surface area contributed by atoms with Crippen LogP contribution in [0.1, 0.15) is 31.4 Å². The molecule has 0 heterocycles. The molecule has 0 radical (unpaired) electrons. The smallest absolute Gasteiger partial charge is 0.120 e. The molecule has 1 fully saturated rings. The van der Waals surface area contributed by atoms with E-state index >= 15 is 0 Å². The van der Waals surface area contributed by atoms with Crippen LogP contribution in [0.4, 0.5) is 0 Å². The van der Waals surface area contributed by atoms with Crippen molar-refractivity contribution in [2.24, 2.45) is 5.73 Å². The standard InChI is InChI=1S/C13H19NO2/c1-2-15-9-13(14)10-4-3-5-12(8-10)16-11-6-7-11/h3-5,8,11,13H,2,6-7,9,14H2,1H3. The van der Waals surface area contributed by atoms with Gasteiger partial charge in [-0.05, 0) is 37.5 Å². The molecule has 0 spiro atoms. The van der Waals surface area contributed by atoms with Crippen molar-refractivity contribution in [2.75, 3.05) is 13.2 Å². The van der Waals surface area contributed by atoms with Gasteiger partial charge in [-0.1, -0.05) is 12.1 Å². The predicted octanol–water partition coefficient (Wildman–Crippen LogP) is 2.26. The lowest BCUT2D eigenvalue weighted by Crippen LogP contribution is -2.17. The molecule has 0 amide bonds. The maximum atomic E-state index is 6.02. The number of rotatable bonds is 6. The first-order valence-corrected chi connectivity index (χ1v) is 5.89. The predicted molar refractivity (Wildman–Crippen MR) is 63.5 cm³/mol. The highest BCUT2D eigenvalue weighted by molar-refractivity contribution is 5.31. The van der Waals surface area contributed by atoms with Gasteiger partial charge in [-0.3, -0.25) is 0 Å². The Morgan fingerprint density at radius 1 is 1.44 bits per heavy atom. The number of hydrogen-bond acceptors (Lipinski definition) is 3. The van der Waals surface area contributed by atoms with E-state index < -0.39 is 0 Å². The van der Waals surface area contributed by atoms with E-state index in [1.54, 1.807) is 0 Å². The molecule has 2 N–H and O–H groups in total. The van der Waals surface area contributed by atoms with Crippen molar-refractivity contribution >= 4 is 0 Å². The minimum Gasteiger partial charge on any atom is -0.490 e. The summed E-state index contributed by atoms with van der Waals surface area (Å²) in [5.74, 6) is 0.923. The van der Waals surface area contributed by atoms with Crippen LogP contribution >= 0.6 is 0 Å². The molecule has 1 saturated carbocycles. The quantitative estimate of drug-likeness (QED) is 0.801. The van der Waals surface area contributed by atoms with Gasteiger partial charge in [0.2, 0.25) is 0 Å². The average molecular weight is 221 g/mol. The fourth-order valence-electron chi connectivity index (χ4n) is 1.54. The number of benzene rings is 1. The third-order valence-corrected chi connectivity index (χ3v) is 2.61. The minimum absolute atomic E-state index is 0.0669. The van der Waals surface area contributed by atoms with E-state index in [0.717, 1.165) is 11.3 Å². The van der Waals surface area contributed by atoms with Crippen LogP contribution in [0.25, 0.3) is 0 Å². The van der Waals surface area contributed by atoms with Crippen LogP contribution in [0.2, 0.25) is 0 Å². The lowest BCUT2D eigenvalue weighted by molar-refractivity contribution is 0.133. The van der Waals surface area contributed by atoms with Crippen LogP contribution in [0.15, 0.2) is 24.3 Å². The van der Waals surface area contributed by atoms with Crippen molar-refractivity contribution < 1.29 is 9.47 Å². The fourth-order valence-corrected chi connectivity index (χ4v) is 1.54. The zero-order valence-electron chi connectivity index (χ0n) is 9.69. The number of hydrogen-bond donors (Lipinski definition) is 1. The van der Waals surface area contributed by atoms with Crippen LogP contribution in [-0.2, 0) is 4.74 Å². The number of ether oxygens (including phenoxy) is 2. The molecule has 2 rings (SSSR count). The summed E-state index contributed by atoms with van der Waals surface area (Å²) in [5.41, 5.74) is 7.09. The summed E-state index contributed by atoms with van der Waals surface area (Å²) >= 11 is 0. The van der Waals surface area contributed by atoms with E-state index in [1.165, 1.54) is 12.8 Å². The van der Waals surface area contributed by atoms with Crippen molar-refractivity contribution in [1.82, 2.24) is 0 Å². The molecule has 88 valence electrons. The molecule has 1 aromatic carbocycles. The Bertz CT molecular complexity index is 336. The van der Waals surface area contributed by atoms with Crippen LogP contribution in [0.5, 0.6) is 5.75 Å². The highest BCUT2D eigenvalue weighted by atomic mass is 16.5. The maximum Gasteiger partial charge on any atom is 0.120 e. The molecule has 0 bridgehead atoms. The normalized spacial score (nSPS) is 17.1. The van der Waals surface area contributed by atoms with E-state index in [9.17, 15) is 0 Å². The zero-order chi connectivity index (χ0) is 11.4. The lowest BCUT2D eigenvalue weighted by atomic mass is 10.1. The summed E-state index contributed by atoms with van der Waals surface area (Å²) in [6.07, 6.45) is 2.78. The second-order valence-corrected chi connectivity index (χ2v) is 4.16. The van der Waals surface area contributed by atoms with E-state index in [0.29, 0.717) is 19.3 Å². The monoisotopic (exact) mass is 221 g/mol. The first kappa shape index (κ1) is 11.4. The molecule has 1 atom stereocenters. The molecule has 1 unspecified atom stereocenters. The first-order valence-electron chi connectivity index (χ1n) is 5.89. The Balaban J connectivity index is 1.96. The van der Waals surface area contributed by atoms with Gasteiger partial charge in [-0.15, -0.1) is 0 Å². The van der Waals surface area contributed by atoms with Gasteiger partial charge in [0.05, 0.1) is 18.8 Å². The molecule has 3 nitrogen and oxygen atoms in total. The summed E-state index contributed by atoms with van der Waals surface area (Å²) in [7, 11) is 0. The summed E-state index contributed by atoms with van der Waals surface area (Å²) in [4.78, 5) is 0. The maximum absolute atomic E-state index is 6.02. The highest BCUT2D eigenvalue weighted by Crippen LogP contribution is 2.27. The average Bonchev–Trinajstić information content (AvgIpc) is 3.10. The van der Waals surface area contributed by atoms with Gasteiger partial charge in [0.1, 0.15) is 5.75 Å². The molecular weight excluding hydrogens is 202 g/mol. The van der Waals surface area contributed by atoms with Crippen molar-refractivity contribution in [3.8, 4) is 5.75 Å². The van der Waals surface area contributed by atoms with Gasteiger partial charge in [-0.2, -0.15) is 0 Å². The molecule has 0 aliphatic heterocycles. The summed E-state index contributed by atoms with van der Waals surface area (Å²) in [6, 6.07) is 7.93. The van der Waals surface area contributed by atoms with Crippen LogP contribution in [0.3, 0.4) is 0 Å². The first-order chi connectivity index (χ1) is 7.79. The summed E-state index contributed by atoms with van der Waals surface area (Å²) in [5, 5.41) is 0.